The Morgan fingerprint density at radius 3 is 2.64 bits per heavy atom. The third kappa shape index (κ3) is 3.77. The van der Waals surface area contributed by atoms with Crippen LogP contribution >= 0.6 is 7.67 Å². The molecule has 0 saturated carbocycles. The van der Waals surface area contributed by atoms with Crippen LogP contribution in [0.4, 0.5) is 0 Å². The maximum absolute atomic E-state index is 14.5. The van der Waals surface area contributed by atoms with Gasteiger partial charge in [-0.2, -0.15) is 0 Å². The van der Waals surface area contributed by atoms with Crippen molar-refractivity contribution < 1.29 is 38.5 Å². The molecule has 2 N–H and O–H groups in total. The average Bonchev–Trinajstić information content (AvgIpc) is 2.64. The fraction of sp³-hybridized carbons (Fsp3) is 0.600. The van der Waals surface area contributed by atoms with E-state index in [9.17, 15) is 14.8 Å². The smallest absolute Gasteiger partial charge is 0.346 e. The van der Waals surface area contributed by atoms with E-state index in [1.807, 2.05) is 0 Å². The molecule has 0 radical (unpaired) electrons. The molecule has 0 aromatic heterocycles. The van der Waals surface area contributed by atoms with Crippen LogP contribution in [0.5, 0.6) is 0 Å². The highest BCUT2D eigenvalue weighted by atomic mass is 31.2. The SMILES string of the molecule is [2H]C([2H])(O)C([2H])([2H])N(C([2H])([2H])C([2H])([2H])O)P1(=O)OC([2H])([2H])C([2H])([2H])C([2H])([2H])N1C(C)c1ccccc1. The van der Waals surface area contributed by atoms with Crippen LogP contribution in [-0.2, 0) is 9.09 Å². The molecule has 1 heterocycles. The molecule has 1 aliphatic rings. The van der Waals surface area contributed by atoms with Gasteiger partial charge in [0.1, 0.15) is 0 Å². The van der Waals surface area contributed by atoms with E-state index in [0.717, 1.165) is 6.92 Å². The topological polar surface area (TPSA) is 73.2 Å². The number of aliphatic hydroxyl groups is 2. The van der Waals surface area contributed by atoms with E-state index in [-0.39, 0.29) is 10.2 Å². The van der Waals surface area contributed by atoms with Crippen molar-refractivity contribution in [2.45, 2.75) is 19.3 Å². The summed E-state index contributed by atoms with van der Waals surface area (Å²) >= 11 is 0. The largest absolute Gasteiger partial charge is 0.395 e. The molecule has 1 aromatic carbocycles. The van der Waals surface area contributed by atoms with E-state index < -0.39 is 63.9 Å². The monoisotopic (exact) mass is 342 g/mol. The Hall–Kier alpha value is -0.750. The van der Waals surface area contributed by atoms with Crippen molar-refractivity contribution >= 4 is 7.67 Å². The molecule has 0 spiro atoms. The van der Waals surface area contributed by atoms with Gasteiger partial charge in [-0.1, -0.05) is 30.3 Å². The molecule has 2 rings (SSSR count). The lowest BCUT2D eigenvalue weighted by Crippen LogP contribution is -2.40. The van der Waals surface area contributed by atoms with E-state index in [4.69, 9.17) is 23.7 Å². The Morgan fingerprint density at radius 1 is 1.41 bits per heavy atom. The third-order valence-electron chi connectivity index (χ3n) is 2.87. The van der Waals surface area contributed by atoms with Gasteiger partial charge in [-0.05, 0) is 18.9 Å². The fourth-order valence-electron chi connectivity index (χ4n) is 1.84. The molecule has 2 unspecified atom stereocenters. The van der Waals surface area contributed by atoms with Crippen LogP contribution in [0.25, 0.3) is 0 Å². The Balaban J connectivity index is 3.07. The zero-order chi connectivity index (χ0) is 28.6. The van der Waals surface area contributed by atoms with E-state index in [0.29, 0.717) is 0 Å². The van der Waals surface area contributed by atoms with Crippen molar-refractivity contribution in [1.29, 1.82) is 0 Å². The van der Waals surface area contributed by atoms with Gasteiger partial charge in [0.25, 0.3) is 0 Å². The van der Waals surface area contributed by atoms with Crippen molar-refractivity contribution in [2.75, 3.05) is 39.2 Å². The second-order valence-electron chi connectivity index (χ2n) is 4.11. The summed E-state index contributed by atoms with van der Waals surface area (Å²) in [6, 6.07) is 5.41. The van der Waals surface area contributed by atoms with Gasteiger partial charge in [-0.15, -0.1) is 0 Å². The zero-order valence-electron chi connectivity index (χ0n) is 25.5. The van der Waals surface area contributed by atoms with Crippen LogP contribution in [-0.4, -0.2) is 58.7 Å². The zero-order valence-corrected chi connectivity index (χ0v) is 12.4. The summed E-state index contributed by atoms with van der Waals surface area (Å²) in [5.41, 5.74) is 0.0588. The number of rotatable bonds is 7. The van der Waals surface area contributed by atoms with Crippen LogP contribution in [0.15, 0.2) is 30.3 Å². The summed E-state index contributed by atoms with van der Waals surface area (Å²) in [6.45, 7) is -23.5. The molecule has 22 heavy (non-hydrogen) atoms. The average molecular weight is 342 g/mol. The van der Waals surface area contributed by atoms with E-state index in [2.05, 4.69) is 0 Å². The molecule has 0 bridgehead atoms. The minimum Gasteiger partial charge on any atom is -0.395 e. The first kappa shape index (κ1) is 6.63. The second-order valence-corrected chi connectivity index (χ2v) is 6.11. The molecule has 124 valence electrons. The van der Waals surface area contributed by atoms with E-state index >= 15 is 0 Å². The molecule has 2 atom stereocenters. The third-order valence-corrected chi connectivity index (χ3v) is 4.90. The first-order valence-corrected chi connectivity index (χ1v) is 7.65. The van der Waals surface area contributed by atoms with Crippen molar-refractivity contribution in [1.82, 2.24) is 9.34 Å². The molecule has 1 aliphatic heterocycles. The molecule has 1 aromatic rings. The molecule has 7 heteroatoms. The predicted molar refractivity (Wildman–Crippen MR) is 85.5 cm³/mol. The molecule has 1 saturated heterocycles. The van der Waals surface area contributed by atoms with Crippen LogP contribution in [0, 0.1) is 0 Å². The summed E-state index contributed by atoms with van der Waals surface area (Å²) in [6.07, 6.45) is -3.68. The van der Waals surface area contributed by atoms with Gasteiger partial charge in [0, 0.05) is 36.5 Å². The molecule has 0 amide bonds. The minimum atomic E-state index is -6.19. The van der Waals surface area contributed by atoms with Gasteiger partial charge in [0.2, 0.25) is 0 Å². The number of hydrogen-bond acceptors (Lipinski definition) is 4. The van der Waals surface area contributed by atoms with E-state index in [1.165, 1.54) is 30.3 Å². The lowest BCUT2D eigenvalue weighted by molar-refractivity contribution is 0.126. The van der Waals surface area contributed by atoms with Gasteiger partial charge in [0.05, 0.1) is 27.9 Å². The molecule has 6 nitrogen and oxygen atoms in total. The fourth-order valence-corrected chi connectivity index (χ4v) is 3.46. The van der Waals surface area contributed by atoms with Crippen LogP contribution < -0.4 is 0 Å². The van der Waals surface area contributed by atoms with Crippen LogP contribution in [0.2, 0.25) is 0 Å². The van der Waals surface area contributed by atoms with Gasteiger partial charge in [-0.25, -0.2) is 9.34 Å². The Kier molecular flexibility index (Phi) is 2.47. The molecular weight excluding hydrogens is 303 g/mol. The molecule has 0 aliphatic carbocycles. The molecule has 1 fully saturated rings. The van der Waals surface area contributed by atoms with Crippen molar-refractivity contribution in [3.63, 3.8) is 0 Å². The number of nitrogens with zero attached hydrogens (tertiary/aromatic N) is 2. The second kappa shape index (κ2) is 8.20. The van der Waals surface area contributed by atoms with Gasteiger partial charge in [0.15, 0.2) is 0 Å². The Labute approximate surface area is 151 Å². The Bertz CT molecular complexity index is 988. The normalized spacial score (nSPS) is 43.5. The summed E-state index contributed by atoms with van der Waals surface area (Å²) < 4.78 is 129. The summed E-state index contributed by atoms with van der Waals surface area (Å²) in [4.78, 5) is 0. The number of benzene rings is 1. The van der Waals surface area contributed by atoms with Crippen molar-refractivity contribution in [3.8, 4) is 0 Å². The van der Waals surface area contributed by atoms with Crippen LogP contribution in [0.3, 0.4) is 0 Å². The highest BCUT2D eigenvalue weighted by Crippen LogP contribution is 2.59. The maximum atomic E-state index is 14.5. The summed E-state index contributed by atoms with van der Waals surface area (Å²) in [5, 5.41) is 19.8. The predicted octanol–water partition coefficient (Wildman–Crippen LogP) is 1.86. The number of hydrogen-bond donors (Lipinski definition) is 2. The highest BCUT2D eigenvalue weighted by Gasteiger charge is 2.43. The Morgan fingerprint density at radius 2 is 2.05 bits per heavy atom. The van der Waals surface area contributed by atoms with Gasteiger partial charge >= 0.3 is 7.67 Å². The van der Waals surface area contributed by atoms with Crippen molar-refractivity contribution in [2.24, 2.45) is 0 Å². The highest BCUT2D eigenvalue weighted by molar-refractivity contribution is 7.54. The van der Waals surface area contributed by atoms with E-state index in [1.54, 1.807) is 0 Å². The maximum Gasteiger partial charge on any atom is 0.346 e. The van der Waals surface area contributed by atoms with Gasteiger partial charge < -0.3 is 14.7 Å². The summed E-state index contributed by atoms with van der Waals surface area (Å²) in [7, 11) is -6.19. The van der Waals surface area contributed by atoms with Crippen LogP contribution in [0.1, 0.15) is 44.1 Å². The first-order valence-electron chi connectivity index (χ1n) is 13.1. The minimum absolute atomic E-state index is 0.0588. The lowest BCUT2D eigenvalue weighted by Gasteiger charge is -2.43. The molecular formula is C15H25N2O4P. The first-order chi connectivity index (χ1) is 15.7. The quantitative estimate of drug-likeness (QED) is 0.737. The van der Waals surface area contributed by atoms with Crippen molar-refractivity contribution in [3.05, 3.63) is 35.9 Å². The summed E-state index contributed by atoms with van der Waals surface area (Å²) in [5.74, 6) is 0. The van der Waals surface area contributed by atoms with Gasteiger partial charge in [-0.3, -0.25) is 4.57 Å². The lowest BCUT2D eigenvalue weighted by atomic mass is 10.1. The standard InChI is InChI=1S/C15H25N2O4P/c1-14(15-6-3-2-4-7-15)17-8-5-13-21-22(17,20)16(9-11-18)10-12-19/h2-4,6-7,14,18-19H,5,8-13H2,1H3/i5D2,8D2,9D2,10D2,11D2,12D2,13D2.